The van der Waals surface area contributed by atoms with Gasteiger partial charge in [-0.2, -0.15) is 0 Å². The van der Waals surface area contributed by atoms with Crippen LogP contribution < -0.4 is 0 Å². The van der Waals surface area contributed by atoms with Gasteiger partial charge in [0.05, 0.1) is 16.0 Å². The predicted molar refractivity (Wildman–Crippen MR) is 75.7 cm³/mol. The molecule has 1 aromatic carbocycles. The Labute approximate surface area is 121 Å². The molecule has 1 saturated carbocycles. The van der Waals surface area contributed by atoms with Crippen LogP contribution in [0, 0.1) is 5.92 Å². The SMILES string of the molecule is O=C(O)C1CCCCC1Sc1ccc(Cl)c(Cl)c1. The zero-order chi connectivity index (χ0) is 13.1. The molecule has 0 spiro atoms. The van der Waals surface area contributed by atoms with Gasteiger partial charge in [-0.05, 0) is 31.0 Å². The van der Waals surface area contributed by atoms with E-state index in [9.17, 15) is 9.90 Å². The third kappa shape index (κ3) is 3.34. The summed E-state index contributed by atoms with van der Waals surface area (Å²) in [7, 11) is 0. The first-order valence-electron chi connectivity index (χ1n) is 5.92. The van der Waals surface area contributed by atoms with Crippen LogP contribution in [0.1, 0.15) is 25.7 Å². The van der Waals surface area contributed by atoms with E-state index in [1.807, 2.05) is 12.1 Å². The van der Waals surface area contributed by atoms with Crippen LogP contribution in [-0.2, 0) is 4.79 Å². The first-order chi connectivity index (χ1) is 8.58. The first kappa shape index (κ1) is 14.0. The van der Waals surface area contributed by atoms with Crippen molar-refractivity contribution in [1.82, 2.24) is 0 Å². The minimum Gasteiger partial charge on any atom is -0.481 e. The van der Waals surface area contributed by atoms with Crippen molar-refractivity contribution < 1.29 is 9.90 Å². The number of aliphatic carboxylic acids is 1. The lowest BCUT2D eigenvalue weighted by Gasteiger charge is -2.27. The van der Waals surface area contributed by atoms with Crippen LogP contribution in [0.15, 0.2) is 23.1 Å². The summed E-state index contributed by atoms with van der Waals surface area (Å²) in [5.41, 5.74) is 0. The van der Waals surface area contributed by atoms with Crippen molar-refractivity contribution in [2.75, 3.05) is 0 Å². The van der Waals surface area contributed by atoms with Crippen LogP contribution >= 0.6 is 35.0 Å². The normalized spacial score (nSPS) is 23.9. The molecule has 2 atom stereocenters. The fourth-order valence-corrected chi connectivity index (χ4v) is 3.99. The maximum Gasteiger partial charge on any atom is 0.307 e. The number of rotatable bonds is 3. The van der Waals surface area contributed by atoms with Gasteiger partial charge in [0, 0.05) is 10.1 Å². The van der Waals surface area contributed by atoms with E-state index >= 15 is 0 Å². The number of benzene rings is 1. The maximum absolute atomic E-state index is 11.2. The molecule has 2 unspecified atom stereocenters. The number of hydrogen-bond donors (Lipinski definition) is 1. The zero-order valence-electron chi connectivity index (χ0n) is 9.73. The molecule has 1 aromatic rings. The van der Waals surface area contributed by atoms with Crippen LogP contribution in [0.25, 0.3) is 0 Å². The Bertz CT molecular complexity index is 451. The van der Waals surface area contributed by atoms with E-state index in [4.69, 9.17) is 23.2 Å². The third-order valence-corrected chi connectivity index (χ3v) is 5.33. The number of halogens is 2. The molecule has 1 aliphatic rings. The molecule has 0 radical (unpaired) electrons. The standard InChI is InChI=1S/C13H14Cl2O2S/c14-10-6-5-8(7-11(10)15)18-12-4-2-1-3-9(12)13(16)17/h5-7,9,12H,1-4H2,(H,16,17). The molecular weight excluding hydrogens is 291 g/mol. The lowest BCUT2D eigenvalue weighted by atomic mass is 9.89. The molecule has 0 aliphatic heterocycles. The molecule has 0 bridgehead atoms. The average Bonchev–Trinajstić information content (AvgIpc) is 2.34. The van der Waals surface area contributed by atoms with Crippen LogP contribution in [0.3, 0.4) is 0 Å². The summed E-state index contributed by atoms with van der Waals surface area (Å²) < 4.78 is 0. The minimum atomic E-state index is -0.688. The van der Waals surface area contributed by atoms with E-state index in [2.05, 4.69) is 0 Å². The van der Waals surface area contributed by atoms with Crippen molar-refractivity contribution in [3.8, 4) is 0 Å². The van der Waals surface area contributed by atoms with Gasteiger partial charge in [0.25, 0.3) is 0 Å². The molecule has 18 heavy (non-hydrogen) atoms. The maximum atomic E-state index is 11.2. The summed E-state index contributed by atoms with van der Waals surface area (Å²) in [6.07, 6.45) is 3.83. The summed E-state index contributed by atoms with van der Waals surface area (Å²) in [5.74, 6) is -0.939. The highest BCUT2D eigenvalue weighted by molar-refractivity contribution is 8.00. The smallest absolute Gasteiger partial charge is 0.307 e. The van der Waals surface area contributed by atoms with Crippen molar-refractivity contribution >= 4 is 40.9 Å². The molecule has 2 nitrogen and oxygen atoms in total. The van der Waals surface area contributed by atoms with Gasteiger partial charge >= 0.3 is 5.97 Å². The van der Waals surface area contributed by atoms with Gasteiger partial charge in [0.15, 0.2) is 0 Å². The molecule has 98 valence electrons. The average molecular weight is 305 g/mol. The monoisotopic (exact) mass is 304 g/mol. The molecule has 5 heteroatoms. The Balaban J connectivity index is 2.10. The largest absolute Gasteiger partial charge is 0.481 e. The Morgan fingerprint density at radius 2 is 1.94 bits per heavy atom. The van der Waals surface area contributed by atoms with Crippen molar-refractivity contribution in [1.29, 1.82) is 0 Å². The molecule has 0 amide bonds. The van der Waals surface area contributed by atoms with Crippen molar-refractivity contribution in [2.45, 2.75) is 35.8 Å². The van der Waals surface area contributed by atoms with E-state index < -0.39 is 5.97 Å². The van der Waals surface area contributed by atoms with E-state index in [0.29, 0.717) is 10.0 Å². The predicted octanol–water partition coefficient (Wildman–Crippen LogP) is 4.73. The summed E-state index contributed by atoms with van der Waals surface area (Å²) in [6, 6.07) is 5.46. The summed E-state index contributed by atoms with van der Waals surface area (Å²) >= 11 is 13.4. The molecular formula is C13H14Cl2O2S. The Morgan fingerprint density at radius 3 is 2.61 bits per heavy atom. The van der Waals surface area contributed by atoms with Gasteiger partial charge in [-0.25, -0.2) is 0 Å². The van der Waals surface area contributed by atoms with Crippen LogP contribution in [0.4, 0.5) is 0 Å². The lowest BCUT2D eigenvalue weighted by Crippen LogP contribution is -2.28. The highest BCUT2D eigenvalue weighted by atomic mass is 35.5. The summed E-state index contributed by atoms with van der Waals surface area (Å²) in [4.78, 5) is 12.2. The highest BCUT2D eigenvalue weighted by Gasteiger charge is 2.31. The number of hydrogen-bond acceptors (Lipinski definition) is 2. The Morgan fingerprint density at radius 1 is 1.22 bits per heavy atom. The second-order valence-corrected chi connectivity index (χ2v) is 6.59. The molecule has 1 aliphatic carbocycles. The second kappa shape index (κ2) is 6.18. The quantitative estimate of drug-likeness (QED) is 0.877. The fraction of sp³-hybridized carbons (Fsp3) is 0.462. The number of carbonyl (C=O) groups is 1. The summed E-state index contributed by atoms with van der Waals surface area (Å²) in [5, 5.41) is 10.4. The fourth-order valence-electron chi connectivity index (χ4n) is 2.25. The zero-order valence-corrected chi connectivity index (χ0v) is 12.1. The number of thioether (sulfide) groups is 1. The number of carboxylic acid groups (broad SMARTS) is 1. The topological polar surface area (TPSA) is 37.3 Å². The van der Waals surface area contributed by atoms with Crippen LogP contribution in [-0.4, -0.2) is 16.3 Å². The summed E-state index contributed by atoms with van der Waals surface area (Å²) in [6.45, 7) is 0. The van der Waals surface area contributed by atoms with Crippen molar-refractivity contribution in [2.24, 2.45) is 5.92 Å². The molecule has 1 fully saturated rings. The van der Waals surface area contributed by atoms with Gasteiger partial charge in [0.1, 0.15) is 0 Å². The van der Waals surface area contributed by atoms with E-state index in [1.54, 1.807) is 17.8 Å². The number of carboxylic acids is 1. The van der Waals surface area contributed by atoms with E-state index in [1.165, 1.54) is 0 Å². The third-order valence-electron chi connectivity index (χ3n) is 3.20. The van der Waals surface area contributed by atoms with Gasteiger partial charge in [0.2, 0.25) is 0 Å². The molecule has 0 aromatic heterocycles. The molecule has 1 N–H and O–H groups in total. The van der Waals surface area contributed by atoms with E-state index in [-0.39, 0.29) is 11.2 Å². The van der Waals surface area contributed by atoms with Crippen LogP contribution in [0.5, 0.6) is 0 Å². The van der Waals surface area contributed by atoms with Crippen molar-refractivity contribution in [3.05, 3.63) is 28.2 Å². The molecule has 2 rings (SSSR count). The van der Waals surface area contributed by atoms with Gasteiger partial charge < -0.3 is 5.11 Å². The molecule has 0 heterocycles. The first-order valence-corrected chi connectivity index (χ1v) is 7.56. The van der Waals surface area contributed by atoms with Gasteiger partial charge in [-0.15, -0.1) is 11.8 Å². The molecule has 0 saturated heterocycles. The van der Waals surface area contributed by atoms with Crippen molar-refractivity contribution in [3.63, 3.8) is 0 Å². The lowest BCUT2D eigenvalue weighted by molar-refractivity contribution is -0.142. The van der Waals surface area contributed by atoms with Gasteiger partial charge in [-0.3, -0.25) is 4.79 Å². The van der Waals surface area contributed by atoms with Gasteiger partial charge in [-0.1, -0.05) is 36.0 Å². The Hall–Kier alpha value is -0.380. The second-order valence-electron chi connectivity index (χ2n) is 4.46. The minimum absolute atomic E-state index is 0.133. The highest BCUT2D eigenvalue weighted by Crippen LogP contribution is 2.39. The van der Waals surface area contributed by atoms with Crippen LogP contribution in [0.2, 0.25) is 10.0 Å². The Kier molecular flexibility index (Phi) is 4.82. The van der Waals surface area contributed by atoms with E-state index in [0.717, 1.165) is 30.6 Å².